The number of rotatable bonds is 5. The van der Waals surface area contributed by atoms with E-state index in [9.17, 15) is 8.42 Å². The standard InChI is InChI=1S/C16H20N2O3S/c1-16(2,3)18-22(19,20)14-10-7-11-17-15(14)21-12-13-8-5-4-6-9-13/h4-11,18H,12H2,1-3H3. The normalized spacial score (nSPS) is 12.1. The molecule has 1 aromatic carbocycles. The number of hydrogen-bond acceptors (Lipinski definition) is 4. The van der Waals surface area contributed by atoms with Gasteiger partial charge in [0.05, 0.1) is 0 Å². The Kier molecular flexibility index (Phi) is 4.83. The Balaban J connectivity index is 2.23. The van der Waals surface area contributed by atoms with Crippen LogP contribution in [0.4, 0.5) is 0 Å². The minimum Gasteiger partial charge on any atom is -0.472 e. The lowest BCUT2D eigenvalue weighted by Gasteiger charge is -2.21. The van der Waals surface area contributed by atoms with Gasteiger partial charge < -0.3 is 4.74 Å². The smallest absolute Gasteiger partial charge is 0.246 e. The molecule has 0 bridgehead atoms. The van der Waals surface area contributed by atoms with Crippen molar-refractivity contribution in [1.29, 1.82) is 0 Å². The number of hydrogen-bond donors (Lipinski definition) is 1. The van der Waals surface area contributed by atoms with Gasteiger partial charge in [-0.2, -0.15) is 0 Å². The van der Waals surface area contributed by atoms with E-state index >= 15 is 0 Å². The number of benzene rings is 1. The largest absolute Gasteiger partial charge is 0.472 e. The van der Waals surface area contributed by atoms with Crippen LogP contribution in [-0.2, 0) is 16.6 Å². The van der Waals surface area contributed by atoms with Crippen molar-refractivity contribution in [2.45, 2.75) is 37.8 Å². The molecule has 1 N–H and O–H groups in total. The summed E-state index contributed by atoms with van der Waals surface area (Å²) >= 11 is 0. The third-order valence-electron chi connectivity index (χ3n) is 2.68. The minimum absolute atomic E-state index is 0.0425. The van der Waals surface area contributed by atoms with E-state index in [1.54, 1.807) is 26.8 Å². The van der Waals surface area contributed by atoms with Crippen molar-refractivity contribution in [2.24, 2.45) is 0 Å². The van der Waals surface area contributed by atoms with Crippen molar-refractivity contribution in [3.63, 3.8) is 0 Å². The van der Waals surface area contributed by atoms with Gasteiger partial charge >= 0.3 is 0 Å². The van der Waals surface area contributed by atoms with Crippen LogP contribution in [0.1, 0.15) is 26.3 Å². The average molecular weight is 320 g/mol. The molecule has 0 saturated heterocycles. The highest BCUT2D eigenvalue weighted by atomic mass is 32.2. The highest BCUT2D eigenvalue weighted by Crippen LogP contribution is 2.22. The summed E-state index contributed by atoms with van der Waals surface area (Å²) in [6.45, 7) is 5.61. The molecule has 0 fully saturated rings. The van der Waals surface area contributed by atoms with Gasteiger partial charge in [-0.15, -0.1) is 0 Å². The number of nitrogens with zero attached hydrogens (tertiary/aromatic N) is 1. The summed E-state index contributed by atoms with van der Waals surface area (Å²) in [7, 11) is -3.69. The van der Waals surface area contributed by atoms with Gasteiger partial charge in [-0.05, 0) is 38.5 Å². The second-order valence-corrected chi connectivity index (χ2v) is 7.59. The quantitative estimate of drug-likeness (QED) is 0.920. The zero-order chi connectivity index (χ0) is 16.2. The van der Waals surface area contributed by atoms with Crippen LogP contribution in [0.15, 0.2) is 53.6 Å². The SMILES string of the molecule is CC(C)(C)NS(=O)(=O)c1cccnc1OCc1ccccc1. The molecule has 5 nitrogen and oxygen atoms in total. The fourth-order valence-corrected chi connectivity index (χ4v) is 3.39. The van der Waals surface area contributed by atoms with E-state index < -0.39 is 15.6 Å². The number of nitrogens with one attached hydrogen (secondary N) is 1. The van der Waals surface area contributed by atoms with Crippen LogP contribution in [0.5, 0.6) is 5.88 Å². The molecule has 0 aliphatic carbocycles. The van der Waals surface area contributed by atoms with Crippen LogP contribution in [0.3, 0.4) is 0 Å². The molecule has 0 atom stereocenters. The molecular formula is C16H20N2O3S. The molecule has 22 heavy (non-hydrogen) atoms. The predicted molar refractivity (Wildman–Crippen MR) is 85.1 cm³/mol. The zero-order valence-corrected chi connectivity index (χ0v) is 13.7. The van der Waals surface area contributed by atoms with E-state index in [0.29, 0.717) is 0 Å². The Bertz CT molecular complexity index is 723. The van der Waals surface area contributed by atoms with Crippen molar-refractivity contribution in [3.8, 4) is 5.88 Å². The van der Waals surface area contributed by atoms with Crippen LogP contribution in [0, 0.1) is 0 Å². The fraction of sp³-hybridized carbons (Fsp3) is 0.312. The first-order valence-electron chi connectivity index (χ1n) is 6.94. The number of aromatic nitrogens is 1. The highest BCUT2D eigenvalue weighted by Gasteiger charge is 2.25. The lowest BCUT2D eigenvalue weighted by Crippen LogP contribution is -2.40. The molecule has 0 unspecified atom stereocenters. The second-order valence-electron chi connectivity index (χ2n) is 5.94. The molecule has 0 spiro atoms. The molecule has 1 aromatic heterocycles. The number of ether oxygens (including phenoxy) is 1. The van der Waals surface area contributed by atoms with Gasteiger partial charge in [0.15, 0.2) is 0 Å². The summed E-state index contributed by atoms with van der Waals surface area (Å²) in [5.41, 5.74) is 0.367. The van der Waals surface area contributed by atoms with Crippen molar-refractivity contribution >= 4 is 10.0 Å². The molecule has 1 heterocycles. The summed E-state index contributed by atoms with van der Waals surface area (Å²) in [6.07, 6.45) is 1.51. The van der Waals surface area contributed by atoms with Crippen molar-refractivity contribution < 1.29 is 13.2 Å². The number of sulfonamides is 1. The third kappa shape index (κ3) is 4.54. The number of pyridine rings is 1. The highest BCUT2D eigenvalue weighted by molar-refractivity contribution is 7.89. The lowest BCUT2D eigenvalue weighted by molar-refractivity contribution is 0.284. The fourth-order valence-electron chi connectivity index (χ4n) is 1.87. The van der Waals surface area contributed by atoms with E-state index in [2.05, 4.69) is 9.71 Å². The van der Waals surface area contributed by atoms with Gasteiger partial charge in [-0.1, -0.05) is 30.3 Å². The van der Waals surface area contributed by atoms with E-state index in [1.165, 1.54) is 12.3 Å². The molecule has 6 heteroatoms. The predicted octanol–water partition coefficient (Wildman–Crippen LogP) is 2.74. The van der Waals surface area contributed by atoms with Crippen molar-refractivity contribution in [1.82, 2.24) is 9.71 Å². The Hall–Kier alpha value is -1.92. The van der Waals surface area contributed by atoms with Crippen molar-refractivity contribution in [3.05, 3.63) is 54.2 Å². The molecule has 2 rings (SSSR count). The summed E-state index contributed by atoms with van der Waals surface area (Å²) < 4.78 is 33.1. The molecule has 2 aromatic rings. The Morgan fingerprint density at radius 3 is 2.41 bits per heavy atom. The van der Waals surface area contributed by atoms with Gasteiger partial charge in [0, 0.05) is 11.7 Å². The van der Waals surface area contributed by atoms with E-state index in [0.717, 1.165) is 5.56 Å². The summed E-state index contributed by atoms with van der Waals surface area (Å²) in [4.78, 5) is 4.09. The summed E-state index contributed by atoms with van der Waals surface area (Å²) in [5.74, 6) is 0.100. The summed E-state index contributed by atoms with van der Waals surface area (Å²) in [6, 6.07) is 12.6. The van der Waals surface area contributed by atoms with Gasteiger partial charge in [-0.3, -0.25) is 0 Å². The van der Waals surface area contributed by atoms with Gasteiger partial charge in [0.25, 0.3) is 0 Å². The summed E-state index contributed by atoms with van der Waals surface area (Å²) in [5, 5.41) is 0. The van der Waals surface area contributed by atoms with Crippen LogP contribution >= 0.6 is 0 Å². The molecule has 118 valence electrons. The van der Waals surface area contributed by atoms with E-state index in [-0.39, 0.29) is 17.4 Å². The molecule has 0 amide bonds. The minimum atomic E-state index is -3.69. The maximum Gasteiger partial charge on any atom is 0.246 e. The van der Waals surface area contributed by atoms with E-state index in [4.69, 9.17) is 4.74 Å². The molecule has 0 radical (unpaired) electrons. The van der Waals surface area contributed by atoms with E-state index in [1.807, 2.05) is 30.3 Å². The van der Waals surface area contributed by atoms with Crippen LogP contribution in [0.25, 0.3) is 0 Å². The molecule has 0 aliphatic heterocycles. The molecule has 0 aliphatic rings. The first-order valence-corrected chi connectivity index (χ1v) is 8.42. The van der Waals surface area contributed by atoms with Crippen LogP contribution < -0.4 is 9.46 Å². The maximum absolute atomic E-state index is 12.4. The first-order chi connectivity index (χ1) is 10.3. The van der Waals surface area contributed by atoms with Gasteiger partial charge in [0.2, 0.25) is 15.9 Å². The van der Waals surface area contributed by atoms with Crippen molar-refractivity contribution in [2.75, 3.05) is 0 Å². The Morgan fingerprint density at radius 1 is 1.09 bits per heavy atom. The van der Waals surface area contributed by atoms with Gasteiger partial charge in [-0.25, -0.2) is 18.1 Å². The Morgan fingerprint density at radius 2 is 1.77 bits per heavy atom. The van der Waals surface area contributed by atoms with Gasteiger partial charge in [0.1, 0.15) is 11.5 Å². The second kappa shape index (κ2) is 6.46. The Labute approximate surface area is 131 Å². The third-order valence-corrected chi connectivity index (χ3v) is 4.46. The monoisotopic (exact) mass is 320 g/mol. The van der Waals surface area contributed by atoms with Crippen LogP contribution in [0.2, 0.25) is 0 Å². The molecular weight excluding hydrogens is 300 g/mol. The van der Waals surface area contributed by atoms with Crippen LogP contribution in [-0.4, -0.2) is 18.9 Å². The zero-order valence-electron chi connectivity index (χ0n) is 12.9. The first kappa shape index (κ1) is 16.5. The average Bonchev–Trinajstić information content (AvgIpc) is 2.44. The molecule has 0 saturated carbocycles. The topological polar surface area (TPSA) is 68.3 Å². The maximum atomic E-state index is 12.4. The lowest BCUT2D eigenvalue weighted by atomic mass is 10.1.